The Morgan fingerprint density at radius 3 is 2.96 bits per heavy atom. The van der Waals surface area contributed by atoms with Gasteiger partial charge in [-0.25, -0.2) is 4.79 Å². The number of carbonyl (C=O) groups excluding carboxylic acids is 2. The standard InChI is InChI=1S/C17H21N5O4/c1-21(16(23)13-8-4-6-10-22(13)17(24)25-2)11-14-19-15(20-26-14)12-7-3-5-9-18-12/h3,5,7,9,13H,4,6,8,10-11H2,1-2H3/t13-/m1/s1. The van der Waals surface area contributed by atoms with Crippen molar-refractivity contribution in [1.82, 2.24) is 24.9 Å². The maximum atomic E-state index is 12.8. The Balaban J connectivity index is 1.67. The maximum Gasteiger partial charge on any atom is 0.410 e. The van der Waals surface area contributed by atoms with Crippen LogP contribution in [0.3, 0.4) is 0 Å². The fraction of sp³-hybridized carbons (Fsp3) is 0.471. The van der Waals surface area contributed by atoms with E-state index in [0.29, 0.717) is 30.4 Å². The monoisotopic (exact) mass is 359 g/mol. The Morgan fingerprint density at radius 1 is 1.38 bits per heavy atom. The van der Waals surface area contributed by atoms with Crippen molar-refractivity contribution >= 4 is 12.0 Å². The van der Waals surface area contributed by atoms with Crippen LogP contribution in [0.2, 0.25) is 0 Å². The van der Waals surface area contributed by atoms with E-state index >= 15 is 0 Å². The summed E-state index contributed by atoms with van der Waals surface area (Å²) in [6.45, 7) is 0.672. The lowest BCUT2D eigenvalue weighted by molar-refractivity contribution is -0.137. The summed E-state index contributed by atoms with van der Waals surface area (Å²) in [7, 11) is 2.97. The minimum Gasteiger partial charge on any atom is -0.453 e. The summed E-state index contributed by atoms with van der Waals surface area (Å²) in [6.07, 6.45) is 3.53. The van der Waals surface area contributed by atoms with E-state index in [1.807, 2.05) is 6.07 Å². The molecule has 0 radical (unpaired) electrons. The van der Waals surface area contributed by atoms with Crippen LogP contribution in [0.5, 0.6) is 0 Å². The highest BCUT2D eigenvalue weighted by molar-refractivity contribution is 5.85. The highest BCUT2D eigenvalue weighted by Gasteiger charge is 2.34. The van der Waals surface area contributed by atoms with E-state index in [-0.39, 0.29) is 12.5 Å². The van der Waals surface area contributed by atoms with Crippen LogP contribution in [0.15, 0.2) is 28.9 Å². The fourth-order valence-corrected chi connectivity index (χ4v) is 2.98. The van der Waals surface area contributed by atoms with Crippen molar-refractivity contribution in [3.8, 4) is 11.5 Å². The molecule has 0 spiro atoms. The highest BCUT2D eigenvalue weighted by atomic mass is 16.5. The third-order valence-electron chi connectivity index (χ3n) is 4.31. The first-order valence-corrected chi connectivity index (χ1v) is 8.43. The molecule has 1 fully saturated rings. The van der Waals surface area contributed by atoms with Crippen LogP contribution in [-0.2, 0) is 16.1 Å². The third kappa shape index (κ3) is 3.81. The van der Waals surface area contributed by atoms with Gasteiger partial charge in [0, 0.05) is 19.8 Å². The number of hydrogen-bond acceptors (Lipinski definition) is 7. The summed E-state index contributed by atoms with van der Waals surface area (Å²) < 4.78 is 10.0. The summed E-state index contributed by atoms with van der Waals surface area (Å²) in [6, 6.07) is 4.88. The molecule has 0 aliphatic carbocycles. The molecule has 26 heavy (non-hydrogen) atoms. The number of rotatable bonds is 4. The molecule has 1 aliphatic rings. The van der Waals surface area contributed by atoms with Gasteiger partial charge in [-0.2, -0.15) is 4.98 Å². The molecule has 0 bridgehead atoms. The molecule has 0 N–H and O–H groups in total. The number of carbonyl (C=O) groups is 2. The van der Waals surface area contributed by atoms with Gasteiger partial charge < -0.3 is 14.2 Å². The van der Waals surface area contributed by atoms with Crippen molar-refractivity contribution in [2.24, 2.45) is 0 Å². The van der Waals surface area contributed by atoms with Crippen LogP contribution in [0.1, 0.15) is 25.2 Å². The average Bonchev–Trinajstić information content (AvgIpc) is 3.16. The Bertz CT molecular complexity index is 764. The first-order chi connectivity index (χ1) is 12.6. The number of pyridine rings is 1. The van der Waals surface area contributed by atoms with E-state index < -0.39 is 12.1 Å². The molecule has 0 saturated carbocycles. The number of hydrogen-bond donors (Lipinski definition) is 0. The predicted molar refractivity (Wildman–Crippen MR) is 90.8 cm³/mol. The van der Waals surface area contributed by atoms with Gasteiger partial charge in [0.1, 0.15) is 11.7 Å². The summed E-state index contributed by atoms with van der Waals surface area (Å²) >= 11 is 0. The average molecular weight is 359 g/mol. The molecule has 1 saturated heterocycles. The maximum absolute atomic E-state index is 12.8. The summed E-state index contributed by atoms with van der Waals surface area (Å²) in [5.41, 5.74) is 0.598. The van der Waals surface area contributed by atoms with Crippen molar-refractivity contribution in [1.29, 1.82) is 0 Å². The van der Waals surface area contributed by atoms with E-state index in [2.05, 4.69) is 15.1 Å². The van der Waals surface area contributed by atoms with Gasteiger partial charge in [0.05, 0.1) is 13.7 Å². The van der Waals surface area contributed by atoms with Crippen LogP contribution < -0.4 is 0 Å². The van der Waals surface area contributed by atoms with E-state index in [9.17, 15) is 9.59 Å². The minimum atomic E-state index is -0.528. The molecule has 0 unspecified atom stereocenters. The number of amides is 2. The Morgan fingerprint density at radius 2 is 2.23 bits per heavy atom. The van der Waals surface area contributed by atoms with Crippen LogP contribution in [-0.4, -0.2) is 63.7 Å². The zero-order chi connectivity index (χ0) is 18.5. The number of likely N-dealkylation sites (N-methyl/N-ethyl adjacent to an activating group) is 1. The quantitative estimate of drug-likeness (QED) is 0.819. The summed E-state index contributed by atoms with van der Waals surface area (Å²) in [4.78, 5) is 36.1. The van der Waals surface area contributed by atoms with E-state index in [1.165, 1.54) is 16.9 Å². The SMILES string of the molecule is COC(=O)N1CCCC[C@@H]1C(=O)N(C)Cc1nc(-c2ccccn2)no1. The van der Waals surface area contributed by atoms with E-state index in [0.717, 1.165) is 12.8 Å². The fourth-order valence-electron chi connectivity index (χ4n) is 2.98. The Hall–Kier alpha value is -2.97. The molecule has 3 heterocycles. The number of aromatic nitrogens is 3. The van der Waals surface area contributed by atoms with Crippen LogP contribution in [0, 0.1) is 0 Å². The zero-order valence-electron chi connectivity index (χ0n) is 14.8. The van der Waals surface area contributed by atoms with Gasteiger partial charge in [-0.1, -0.05) is 11.2 Å². The van der Waals surface area contributed by atoms with Crippen molar-refractivity contribution in [2.75, 3.05) is 20.7 Å². The molecule has 3 rings (SSSR count). The topological polar surface area (TPSA) is 102 Å². The predicted octanol–water partition coefficient (Wildman–Crippen LogP) is 1.71. The van der Waals surface area contributed by atoms with Crippen LogP contribution >= 0.6 is 0 Å². The van der Waals surface area contributed by atoms with Gasteiger partial charge in [0.15, 0.2) is 0 Å². The van der Waals surface area contributed by atoms with Gasteiger partial charge in [0.25, 0.3) is 0 Å². The molecular weight excluding hydrogens is 338 g/mol. The van der Waals surface area contributed by atoms with Gasteiger partial charge >= 0.3 is 6.09 Å². The third-order valence-corrected chi connectivity index (χ3v) is 4.31. The number of piperidine rings is 1. The lowest BCUT2D eigenvalue weighted by Gasteiger charge is -2.35. The van der Waals surface area contributed by atoms with Gasteiger partial charge in [-0.05, 0) is 31.4 Å². The Kier molecular flexibility index (Phi) is 5.45. The van der Waals surface area contributed by atoms with Crippen molar-refractivity contribution in [3.05, 3.63) is 30.3 Å². The van der Waals surface area contributed by atoms with Crippen LogP contribution in [0.25, 0.3) is 11.5 Å². The number of likely N-dealkylation sites (tertiary alicyclic amines) is 1. The van der Waals surface area contributed by atoms with E-state index in [4.69, 9.17) is 9.26 Å². The lowest BCUT2D eigenvalue weighted by Crippen LogP contribution is -2.52. The minimum absolute atomic E-state index is 0.157. The largest absolute Gasteiger partial charge is 0.453 e. The van der Waals surface area contributed by atoms with Crippen molar-refractivity contribution in [3.63, 3.8) is 0 Å². The second kappa shape index (κ2) is 7.94. The molecule has 9 nitrogen and oxygen atoms in total. The normalized spacial score (nSPS) is 17.0. The van der Waals surface area contributed by atoms with Gasteiger partial charge in [-0.3, -0.25) is 14.7 Å². The summed E-state index contributed by atoms with van der Waals surface area (Å²) in [5, 5.41) is 3.90. The van der Waals surface area contributed by atoms with Crippen molar-refractivity contribution < 1.29 is 18.8 Å². The second-order valence-corrected chi connectivity index (χ2v) is 6.10. The Labute approximate surface area is 150 Å². The number of ether oxygens (including phenoxy) is 1. The molecule has 138 valence electrons. The second-order valence-electron chi connectivity index (χ2n) is 6.10. The van der Waals surface area contributed by atoms with Crippen LogP contribution in [0.4, 0.5) is 4.79 Å². The molecule has 0 aromatic carbocycles. The molecule has 1 atom stereocenters. The molecule has 2 aromatic heterocycles. The summed E-state index contributed by atoms with van der Waals surface area (Å²) in [5.74, 6) is 0.505. The smallest absolute Gasteiger partial charge is 0.410 e. The van der Waals surface area contributed by atoms with E-state index in [1.54, 1.807) is 25.4 Å². The highest BCUT2D eigenvalue weighted by Crippen LogP contribution is 2.20. The first kappa shape index (κ1) is 17.8. The van der Waals surface area contributed by atoms with Gasteiger partial charge in [0.2, 0.25) is 17.6 Å². The van der Waals surface area contributed by atoms with Crippen molar-refractivity contribution in [2.45, 2.75) is 31.8 Å². The first-order valence-electron chi connectivity index (χ1n) is 8.43. The number of nitrogens with zero attached hydrogens (tertiary/aromatic N) is 5. The van der Waals surface area contributed by atoms with Gasteiger partial charge in [-0.15, -0.1) is 0 Å². The lowest BCUT2D eigenvalue weighted by atomic mass is 10.0. The molecule has 1 aliphatic heterocycles. The number of methoxy groups -OCH3 is 1. The molecular formula is C17H21N5O4. The zero-order valence-corrected chi connectivity index (χ0v) is 14.8. The molecule has 2 aromatic rings. The molecule has 2 amide bonds. The molecule has 9 heteroatoms.